The van der Waals surface area contributed by atoms with Gasteiger partial charge in [-0.1, -0.05) is 30.0 Å². The summed E-state index contributed by atoms with van der Waals surface area (Å²) in [6.07, 6.45) is 2.19. The number of nitrogens with zero attached hydrogens (tertiary/aromatic N) is 4. The van der Waals surface area contributed by atoms with E-state index in [1.165, 1.54) is 11.8 Å². The lowest BCUT2D eigenvalue weighted by molar-refractivity contribution is -0.126. The fraction of sp³-hybridized carbons (Fsp3) is 0.364. The van der Waals surface area contributed by atoms with Crippen molar-refractivity contribution in [2.75, 3.05) is 10.2 Å². The molecular formula is C22H23N5O2S2. The Hall–Kier alpha value is -2.65. The number of hydrogen-bond donors (Lipinski definition) is 1. The molecule has 1 aliphatic carbocycles. The van der Waals surface area contributed by atoms with E-state index in [4.69, 9.17) is 0 Å². The van der Waals surface area contributed by atoms with Crippen molar-refractivity contribution < 1.29 is 9.59 Å². The highest BCUT2D eigenvalue weighted by molar-refractivity contribution is 8.00. The van der Waals surface area contributed by atoms with Gasteiger partial charge in [0.05, 0.1) is 21.5 Å². The van der Waals surface area contributed by atoms with Crippen LogP contribution in [-0.2, 0) is 9.59 Å². The van der Waals surface area contributed by atoms with Gasteiger partial charge in [0.1, 0.15) is 5.54 Å². The van der Waals surface area contributed by atoms with Crippen LogP contribution in [0.5, 0.6) is 0 Å². The molecule has 9 heteroatoms. The first-order valence-electron chi connectivity index (χ1n) is 10.3. The number of thioether (sulfide) groups is 1. The molecule has 1 N–H and O–H groups in total. The minimum Gasteiger partial charge on any atom is -0.322 e. The van der Waals surface area contributed by atoms with E-state index >= 15 is 0 Å². The summed E-state index contributed by atoms with van der Waals surface area (Å²) in [4.78, 5) is 29.1. The lowest BCUT2D eigenvalue weighted by atomic mass is 9.96. The summed E-state index contributed by atoms with van der Waals surface area (Å²) in [5.41, 5.74) is 0.373. The van der Waals surface area contributed by atoms with E-state index in [1.54, 1.807) is 30.1 Å². The summed E-state index contributed by atoms with van der Waals surface area (Å²) in [5, 5.41) is 14.1. The van der Waals surface area contributed by atoms with Crippen LogP contribution in [-0.4, -0.2) is 37.4 Å². The number of thiophene rings is 1. The molecule has 0 radical (unpaired) electrons. The van der Waals surface area contributed by atoms with Crippen LogP contribution >= 0.6 is 23.1 Å². The maximum absolute atomic E-state index is 13.6. The van der Waals surface area contributed by atoms with Crippen molar-refractivity contribution in [3.63, 3.8) is 0 Å². The van der Waals surface area contributed by atoms with Crippen molar-refractivity contribution in [2.24, 2.45) is 0 Å². The number of rotatable bonds is 5. The number of benzene rings is 1. The van der Waals surface area contributed by atoms with Gasteiger partial charge in [0.25, 0.3) is 0 Å². The molecule has 3 heterocycles. The van der Waals surface area contributed by atoms with Crippen molar-refractivity contribution in [3.8, 4) is 10.7 Å². The molecule has 7 nitrogen and oxygen atoms in total. The predicted molar refractivity (Wildman–Crippen MR) is 124 cm³/mol. The van der Waals surface area contributed by atoms with Crippen LogP contribution in [0.4, 0.5) is 11.4 Å². The van der Waals surface area contributed by atoms with E-state index in [2.05, 4.69) is 20.1 Å². The highest BCUT2D eigenvalue weighted by Crippen LogP contribution is 2.43. The third kappa shape index (κ3) is 3.45. The molecule has 1 saturated carbocycles. The Morgan fingerprint density at radius 3 is 2.71 bits per heavy atom. The Kier molecular flexibility index (Phi) is 4.90. The first kappa shape index (κ1) is 20.3. The number of fused-ring (bicyclic) bond motifs is 1. The van der Waals surface area contributed by atoms with Crippen LogP contribution in [0.2, 0.25) is 0 Å². The number of nitrogens with one attached hydrogen (secondary N) is 1. The number of anilines is 2. The van der Waals surface area contributed by atoms with Crippen molar-refractivity contribution in [3.05, 3.63) is 41.8 Å². The molecule has 0 saturated heterocycles. The highest BCUT2D eigenvalue weighted by atomic mass is 32.2. The minimum absolute atomic E-state index is 0.125. The molecular weight excluding hydrogens is 430 g/mol. The van der Waals surface area contributed by atoms with Crippen LogP contribution in [0.15, 0.2) is 46.9 Å². The Morgan fingerprint density at radius 1 is 1.23 bits per heavy atom. The Morgan fingerprint density at radius 2 is 2.00 bits per heavy atom. The van der Waals surface area contributed by atoms with Crippen LogP contribution in [0.25, 0.3) is 10.7 Å². The molecule has 0 unspecified atom stereocenters. The van der Waals surface area contributed by atoms with Gasteiger partial charge < -0.3 is 5.32 Å². The molecule has 1 fully saturated rings. The van der Waals surface area contributed by atoms with E-state index in [0.29, 0.717) is 17.4 Å². The van der Waals surface area contributed by atoms with E-state index in [-0.39, 0.29) is 11.8 Å². The van der Waals surface area contributed by atoms with Crippen LogP contribution in [0.3, 0.4) is 0 Å². The number of para-hydroxylation sites is 2. The zero-order chi connectivity index (χ0) is 21.8. The third-order valence-electron chi connectivity index (χ3n) is 5.68. The van der Waals surface area contributed by atoms with Gasteiger partial charge in [-0.3, -0.25) is 19.1 Å². The molecule has 1 aromatic carbocycles. The predicted octanol–water partition coefficient (Wildman–Crippen LogP) is 4.59. The maximum atomic E-state index is 13.6. The standard InChI is InChI=1S/C22H23N5O2S2/c1-13(19(28)27-16-8-5-4-7-15(16)23-20(29)22(27,2)3)31-21-25-24-18(17-9-6-12-30-17)26(21)14-10-11-14/h4-9,12-14H,10-11H2,1-3H3,(H,23,29)/t13-/m1/s1. The molecule has 3 aromatic rings. The molecule has 1 aliphatic heterocycles. The quantitative estimate of drug-likeness (QED) is 0.572. The molecule has 0 bridgehead atoms. The Balaban J connectivity index is 1.46. The smallest absolute Gasteiger partial charge is 0.250 e. The van der Waals surface area contributed by atoms with Gasteiger partial charge in [-0.2, -0.15) is 0 Å². The normalized spacial score (nSPS) is 18.4. The van der Waals surface area contributed by atoms with Crippen LogP contribution in [0.1, 0.15) is 39.7 Å². The average Bonchev–Trinajstić information content (AvgIpc) is 3.26. The minimum atomic E-state index is -0.994. The Bertz CT molecular complexity index is 1150. The van der Waals surface area contributed by atoms with Gasteiger partial charge in [0.15, 0.2) is 11.0 Å². The zero-order valence-corrected chi connectivity index (χ0v) is 19.2. The third-order valence-corrected chi connectivity index (χ3v) is 7.59. The van der Waals surface area contributed by atoms with Gasteiger partial charge >= 0.3 is 0 Å². The second-order valence-electron chi connectivity index (χ2n) is 8.35. The van der Waals surface area contributed by atoms with Crippen LogP contribution < -0.4 is 10.2 Å². The van der Waals surface area contributed by atoms with E-state index in [1.807, 2.05) is 48.7 Å². The first-order chi connectivity index (χ1) is 14.9. The fourth-order valence-electron chi connectivity index (χ4n) is 3.83. The molecule has 2 aromatic heterocycles. The SMILES string of the molecule is C[C@@H](Sc1nnc(-c2cccs2)n1C1CC1)C(=O)N1c2ccccc2NC(=O)C1(C)C. The van der Waals surface area contributed by atoms with Crippen molar-refractivity contribution in [1.29, 1.82) is 0 Å². The van der Waals surface area contributed by atoms with Gasteiger partial charge in [-0.25, -0.2) is 0 Å². The first-order valence-corrected chi connectivity index (χ1v) is 12.0. The van der Waals surface area contributed by atoms with Gasteiger partial charge in [-0.15, -0.1) is 21.5 Å². The zero-order valence-electron chi connectivity index (χ0n) is 17.5. The summed E-state index contributed by atoms with van der Waals surface area (Å²) in [6, 6.07) is 11.8. The summed E-state index contributed by atoms with van der Waals surface area (Å²) in [5.74, 6) is 0.542. The topological polar surface area (TPSA) is 80.1 Å². The summed E-state index contributed by atoms with van der Waals surface area (Å²) in [7, 11) is 0. The lowest BCUT2D eigenvalue weighted by Crippen LogP contribution is -2.60. The van der Waals surface area contributed by atoms with Crippen molar-refractivity contribution >= 4 is 46.3 Å². The summed E-state index contributed by atoms with van der Waals surface area (Å²) in [6.45, 7) is 5.42. The second-order valence-corrected chi connectivity index (χ2v) is 10.6. The fourth-order valence-corrected chi connectivity index (χ4v) is 5.49. The summed E-state index contributed by atoms with van der Waals surface area (Å²) >= 11 is 3.04. The number of aromatic nitrogens is 3. The van der Waals surface area contributed by atoms with Crippen molar-refractivity contribution in [1.82, 2.24) is 14.8 Å². The highest BCUT2D eigenvalue weighted by Gasteiger charge is 2.45. The van der Waals surface area contributed by atoms with Gasteiger partial charge in [-0.05, 0) is 57.2 Å². The molecule has 2 amide bonds. The molecule has 5 rings (SSSR count). The monoisotopic (exact) mass is 453 g/mol. The number of carbonyl (C=O) groups is 2. The molecule has 2 aliphatic rings. The number of amides is 2. The number of carbonyl (C=O) groups excluding carboxylic acids is 2. The maximum Gasteiger partial charge on any atom is 0.250 e. The van der Waals surface area contributed by atoms with E-state index in [9.17, 15) is 9.59 Å². The molecule has 0 spiro atoms. The van der Waals surface area contributed by atoms with Crippen molar-refractivity contribution in [2.45, 2.75) is 55.6 Å². The Labute approximate surface area is 188 Å². The second kappa shape index (κ2) is 7.49. The van der Waals surface area contributed by atoms with Gasteiger partial charge in [0, 0.05) is 6.04 Å². The van der Waals surface area contributed by atoms with Crippen LogP contribution in [0, 0.1) is 0 Å². The number of hydrogen-bond acceptors (Lipinski definition) is 6. The molecule has 160 valence electrons. The van der Waals surface area contributed by atoms with Gasteiger partial charge in [0.2, 0.25) is 11.8 Å². The molecule has 31 heavy (non-hydrogen) atoms. The lowest BCUT2D eigenvalue weighted by Gasteiger charge is -2.43. The van der Waals surface area contributed by atoms with E-state index < -0.39 is 10.8 Å². The molecule has 1 atom stereocenters. The summed E-state index contributed by atoms with van der Waals surface area (Å²) < 4.78 is 2.17. The average molecular weight is 454 g/mol. The largest absolute Gasteiger partial charge is 0.322 e. The van der Waals surface area contributed by atoms with E-state index in [0.717, 1.165) is 28.7 Å².